The van der Waals surface area contributed by atoms with E-state index < -0.39 is 16.0 Å². The zero-order chi connectivity index (χ0) is 16.2. The quantitative estimate of drug-likeness (QED) is 0.580. The van der Waals surface area contributed by atoms with E-state index >= 15 is 0 Å². The van der Waals surface area contributed by atoms with E-state index in [4.69, 9.17) is 9.47 Å². The van der Waals surface area contributed by atoms with Crippen LogP contribution >= 0.6 is 10.0 Å². The molecule has 2 rings (SSSR count). The second-order valence-electron chi connectivity index (χ2n) is 5.90. The third-order valence-electron chi connectivity index (χ3n) is 3.17. The Balaban J connectivity index is 2.18. The largest absolute Gasteiger partial charge is 0.460 e. The Kier molecular flexibility index (Phi) is 5.47. The van der Waals surface area contributed by atoms with Crippen LogP contribution in [0.15, 0.2) is 24.3 Å². The summed E-state index contributed by atoms with van der Waals surface area (Å²) in [6, 6.07) is 7.64. The van der Waals surface area contributed by atoms with Crippen LogP contribution in [0, 0.1) is 0 Å². The molecule has 0 N–H and O–H groups in total. The second-order valence-corrected chi connectivity index (χ2v) is 10.5. The molecule has 0 aliphatic rings. The highest BCUT2D eigenvalue weighted by atomic mass is 32.3. The Labute approximate surface area is 132 Å². The first-order chi connectivity index (χ1) is 10.4. The summed E-state index contributed by atoms with van der Waals surface area (Å²) in [6.07, 6.45) is 6.77. The van der Waals surface area contributed by atoms with Crippen LogP contribution in [0.2, 0.25) is 0 Å². The predicted molar refractivity (Wildman–Crippen MR) is 91.9 cm³/mol. The maximum absolute atomic E-state index is 12.1. The van der Waals surface area contributed by atoms with Crippen molar-refractivity contribution in [3.63, 3.8) is 0 Å². The minimum atomic E-state index is -0.584. The number of hydrogen-bond donors (Lipinski definition) is 0. The minimum absolute atomic E-state index is 0.297. The van der Waals surface area contributed by atoms with Crippen molar-refractivity contribution < 1.29 is 14.3 Å². The lowest BCUT2D eigenvalue weighted by atomic mass is 10.3. The van der Waals surface area contributed by atoms with Gasteiger partial charge in [0.1, 0.15) is 6.73 Å². The first kappa shape index (κ1) is 16.8. The number of fused-ring (bicyclic) bond motifs is 1. The van der Waals surface area contributed by atoms with Gasteiger partial charge in [0.25, 0.3) is 0 Å². The molecule has 0 unspecified atom stereocenters. The van der Waals surface area contributed by atoms with Crippen molar-refractivity contribution in [1.29, 1.82) is 0 Å². The lowest BCUT2D eigenvalue weighted by molar-refractivity contribution is 0.0470. The number of benzene rings is 1. The van der Waals surface area contributed by atoms with Gasteiger partial charge in [-0.1, -0.05) is 12.1 Å². The number of aromatic nitrogens is 2. The van der Waals surface area contributed by atoms with Crippen molar-refractivity contribution >= 4 is 27.0 Å². The molecule has 2 aromatic rings. The van der Waals surface area contributed by atoms with Crippen molar-refractivity contribution in [2.75, 3.05) is 37.7 Å². The summed E-state index contributed by atoms with van der Waals surface area (Å²) >= 11 is 0. The van der Waals surface area contributed by atoms with Crippen LogP contribution in [-0.2, 0) is 16.2 Å². The zero-order valence-corrected chi connectivity index (χ0v) is 14.5. The predicted octanol–water partition coefficient (Wildman–Crippen LogP) is 2.88. The molecule has 0 aliphatic carbocycles. The summed E-state index contributed by atoms with van der Waals surface area (Å²) < 4.78 is 12.6. The van der Waals surface area contributed by atoms with E-state index in [1.165, 1.54) is 0 Å². The first-order valence-corrected chi connectivity index (χ1v) is 10.3. The standard InChI is InChI=1S/C16H24N2O3S/c1-5-21-16(19)15-17-13-8-6-7-9-14(13)18(15)12-20-10-11-22(2,3)4/h6-9H,5,10-12H2,1-4H3. The molecule has 0 saturated carbocycles. The van der Waals surface area contributed by atoms with E-state index in [1.807, 2.05) is 24.3 Å². The van der Waals surface area contributed by atoms with Crippen molar-refractivity contribution in [1.82, 2.24) is 9.55 Å². The fourth-order valence-electron chi connectivity index (χ4n) is 2.02. The maximum atomic E-state index is 12.1. The Bertz CT molecular complexity index is 646. The normalized spacial score (nSPS) is 12.5. The van der Waals surface area contributed by atoms with E-state index in [2.05, 4.69) is 23.8 Å². The van der Waals surface area contributed by atoms with Crippen molar-refractivity contribution in [3.8, 4) is 0 Å². The third kappa shape index (κ3) is 4.24. The lowest BCUT2D eigenvalue weighted by Gasteiger charge is -2.24. The van der Waals surface area contributed by atoms with Gasteiger partial charge in [-0.15, -0.1) is 0 Å². The van der Waals surface area contributed by atoms with Gasteiger partial charge in [-0.25, -0.2) is 19.8 Å². The van der Waals surface area contributed by atoms with E-state index in [1.54, 1.807) is 11.5 Å². The lowest BCUT2D eigenvalue weighted by Crippen LogP contribution is -2.16. The molecule has 122 valence electrons. The highest BCUT2D eigenvalue weighted by Gasteiger charge is 2.18. The molecule has 1 aromatic carbocycles. The molecule has 0 bridgehead atoms. The highest BCUT2D eigenvalue weighted by molar-refractivity contribution is 8.32. The molecule has 0 saturated heterocycles. The van der Waals surface area contributed by atoms with Crippen LogP contribution < -0.4 is 0 Å². The smallest absolute Gasteiger partial charge is 0.374 e. The summed E-state index contributed by atoms with van der Waals surface area (Å²) in [5, 5.41) is 0. The number of rotatable bonds is 7. The molecule has 0 amide bonds. The number of para-hydroxylation sites is 2. The van der Waals surface area contributed by atoms with Gasteiger partial charge < -0.3 is 9.47 Å². The van der Waals surface area contributed by atoms with Gasteiger partial charge in [0.2, 0.25) is 5.82 Å². The summed E-state index contributed by atoms with van der Waals surface area (Å²) in [5.74, 6) is 0.920. The summed E-state index contributed by atoms with van der Waals surface area (Å²) in [4.78, 5) is 16.4. The molecule has 1 aromatic heterocycles. The SMILES string of the molecule is CCOC(=O)c1nc2ccccc2n1COCCS(C)(C)C. The number of nitrogens with zero attached hydrogens (tertiary/aromatic N) is 2. The average molecular weight is 324 g/mol. The molecule has 1 heterocycles. The average Bonchev–Trinajstić information content (AvgIpc) is 2.82. The van der Waals surface area contributed by atoms with Crippen LogP contribution in [0.5, 0.6) is 0 Å². The van der Waals surface area contributed by atoms with Crippen molar-refractivity contribution in [2.45, 2.75) is 13.7 Å². The number of carbonyl (C=O) groups is 1. The van der Waals surface area contributed by atoms with Crippen LogP contribution in [0.1, 0.15) is 17.5 Å². The van der Waals surface area contributed by atoms with Gasteiger partial charge in [-0.2, -0.15) is 0 Å². The third-order valence-corrected chi connectivity index (χ3v) is 4.56. The number of esters is 1. The van der Waals surface area contributed by atoms with Gasteiger partial charge in [0, 0.05) is 5.75 Å². The topological polar surface area (TPSA) is 53.3 Å². The Morgan fingerprint density at radius 1 is 1.27 bits per heavy atom. The minimum Gasteiger partial charge on any atom is -0.460 e. The molecule has 0 atom stereocenters. The fourth-order valence-corrected chi connectivity index (χ4v) is 2.64. The summed E-state index contributed by atoms with van der Waals surface area (Å²) in [5.41, 5.74) is 1.66. The van der Waals surface area contributed by atoms with Crippen molar-refractivity contribution in [3.05, 3.63) is 30.1 Å². The molecular weight excluding hydrogens is 300 g/mol. The number of imidazole rings is 1. The first-order valence-electron chi connectivity index (χ1n) is 7.28. The van der Waals surface area contributed by atoms with Crippen LogP contribution in [0.25, 0.3) is 11.0 Å². The van der Waals surface area contributed by atoms with Crippen LogP contribution in [0.4, 0.5) is 0 Å². The van der Waals surface area contributed by atoms with Crippen molar-refractivity contribution in [2.24, 2.45) is 0 Å². The summed E-state index contributed by atoms with van der Waals surface area (Å²) in [7, 11) is -0.584. The number of ether oxygens (including phenoxy) is 2. The van der Waals surface area contributed by atoms with Gasteiger partial charge in [-0.3, -0.25) is 4.57 Å². The van der Waals surface area contributed by atoms with E-state index in [0.717, 1.165) is 16.8 Å². The molecule has 0 radical (unpaired) electrons. The van der Waals surface area contributed by atoms with E-state index in [-0.39, 0.29) is 0 Å². The number of carbonyl (C=O) groups excluding carboxylic acids is 1. The molecular formula is C16H24N2O3S. The van der Waals surface area contributed by atoms with Crippen LogP contribution in [0.3, 0.4) is 0 Å². The molecule has 0 aliphatic heterocycles. The van der Waals surface area contributed by atoms with Gasteiger partial charge in [0.15, 0.2) is 0 Å². The molecule has 6 heteroatoms. The van der Waals surface area contributed by atoms with E-state index in [0.29, 0.717) is 25.8 Å². The molecule has 0 fully saturated rings. The Hall–Kier alpha value is -1.53. The Morgan fingerprint density at radius 2 is 2.00 bits per heavy atom. The maximum Gasteiger partial charge on any atom is 0.374 e. The second kappa shape index (κ2) is 7.15. The van der Waals surface area contributed by atoms with Crippen LogP contribution in [-0.4, -0.2) is 53.3 Å². The van der Waals surface area contributed by atoms with Gasteiger partial charge in [0.05, 0.1) is 24.2 Å². The molecule has 5 nitrogen and oxygen atoms in total. The van der Waals surface area contributed by atoms with Gasteiger partial charge in [-0.05, 0) is 37.8 Å². The number of hydrogen-bond acceptors (Lipinski definition) is 4. The Morgan fingerprint density at radius 3 is 2.68 bits per heavy atom. The molecule has 22 heavy (non-hydrogen) atoms. The highest BCUT2D eigenvalue weighted by Crippen LogP contribution is 2.33. The monoisotopic (exact) mass is 324 g/mol. The fraction of sp³-hybridized carbons (Fsp3) is 0.500. The van der Waals surface area contributed by atoms with Gasteiger partial charge >= 0.3 is 5.97 Å². The summed E-state index contributed by atoms with van der Waals surface area (Å²) in [6.45, 7) is 3.10. The molecule has 0 spiro atoms. The van der Waals surface area contributed by atoms with E-state index in [9.17, 15) is 4.79 Å². The zero-order valence-electron chi connectivity index (χ0n) is 13.7.